The Morgan fingerprint density at radius 3 is 2.77 bits per heavy atom. The van der Waals surface area contributed by atoms with Crippen molar-refractivity contribution in [2.75, 3.05) is 44.2 Å². The van der Waals surface area contributed by atoms with Crippen molar-refractivity contribution in [1.82, 2.24) is 14.6 Å². The number of nitrogens with zero attached hydrogens (tertiary/aromatic N) is 3. The molecular formula is C23H30N4O2S. The highest BCUT2D eigenvalue weighted by Gasteiger charge is 2.35. The molecule has 4 saturated heterocycles. The molecule has 0 radical (unpaired) electrons. The van der Waals surface area contributed by atoms with Crippen LogP contribution in [0, 0.1) is 11.8 Å². The maximum atomic E-state index is 13.0. The SMILES string of the molecule is O=C(NC1CN2CCC1CC2)c1nsc2cc(N3CC[C@H](OCC4CC4)C3)ccc12. The summed E-state index contributed by atoms with van der Waals surface area (Å²) in [5.74, 6) is 1.43. The summed E-state index contributed by atoms with van der Waals surface area (Å²) in [6.45, 7) is 6.29. The number of hydrogen-bond acceptors (Lipinski definition) is 6. The second kappa shape index (κ2) is 7.77. The number of carbonyl (C=O) groups is 1. The number of benzene rings is 1. The molecule has 30 heavy (non-hydrogen) atoms. The molecular weight excluding hydrogens is 396 g/mol. The second-order valence-corrected chi connectivity index (χ2v) is 10.4. The minimum Gasteiger partial charge on any atom is -0.376 e. The van der Waals surface area contributed by atoms with E-state index in [0.29, 0.717) is 17.7 Å². The number of fused-ring (bicyclic) bond motifs is 4. The number of hydrogen-bond donors (Lipinski definition) is 1. The van der Waals surface area contributed by atoms with Crippen LogP contribution in [0.25, 0.3) is 10.1 Å². The van der Waals surface area contributed by atoms with E-state index in [9.17, 15) is 4.79 Å². The maximum Gasteiger partial charge on any atom is 0.271 e. The summed E-state index contributed by atoms with van der Waals surface area (Å²) in [7, 11) is 0. The fourth-order valence-corrected chi connectivity index (χ4v) is 6.11. The highest BCUT2D eigenvalue weighted by atomic mass is 32.1. The van der Waals surface area contributed by atoms with Gasteiger partial charge in [0.15, 0.2) is 0 Å². The van der Waals surface area contributed by atoms with Crippen molar-refractivity contribution in [3.05, 3.63) is 23.9 Å². The van der Waals surface area contributed by atoms with Crippen molar-refractivity contribution in [2.24, 2.45) is 11.8 Å². The molecule has 2 aromatic rings. The average Bonchev–Trinajstić information content (AvgIpc) is 3.32. The third kappa shape index (κ3) is 3.72. The maximum absolute atomic E-state index is 13.0. The molecule has 1 amide bonds. The first-order valence-corrected chi connectivity index (χ1v) is 12.3. The molecule has 5 fully saturated rings. The van der Waals surface area contributed by atoms with E-state index in [1.54, 1.807) is 0 Å². The Labute approximate surface area is 181 Å². The van der Waals surface area contributed by atoms with Crippen LogP contribution in [0.3, 0.4) is 0 Å². The first-order chi connectivity index (χ1) is 14.7. The number of aromatic nitrogens is 1. The molecule has 7 heteroatoms. The summed E-state index contributed by atoms with van der Waals surface area (Å²) in [4.78, 5) is 17.8. The van der Waals surface area contributed by atoms with Gasteiger partial charge in [-0.1, -0.05) is 0 Å². The van der Waals surface area contributed by atoms with Crippen LogP contribution >= 0.6 is 11.5 Å². The Hall–Kier alpha value is -1.70. The standard InChI is InChI=1S/C23H30N4O2S/c28-23(24-20-13-26-8-5-16(20)6-9-26)22-19-4-3-17(11-21(19)30-25-22)27-10-7-18(12-27)29-14-15-1-2-15/h3-4,11,15-16,18,20H,1-2,5-10,12-14H2,(H,24,28)/t18-,20?/m0/s1. The fraction of sp³-hybridized carbons (Fsp3) is 0.652. The third-order valence-corrected chi connectivity index (χ3v) is 8.23. The summed E-state index contributed by atoms with van der Waals surface area (Å²) >= 11 is 1.44. The van der Waals surface area contributed by atoms with Crippen LogP contribution in [-0.2, 0) is 4.74 Å². The van der Waals surface area contributed by atoms with Crippen molar-refractivity contribution in [3.63, 3.8) is 0 Å². The lowest BCUT2D eigenvalue weighted by molar-refractivity contribution is 0.0605. The van der Waals surface area contributed by atoms with Gasteiger partial charge in [-0.25, -0.2) is 0 Å². The number of amides is 1. The third-order valence-electron chi connectivity index (χ3n) is 7.42. The van der Waals surface area contributed by atoms with Gasteiger partial charge in [0.05, 0.1) is 10.8 Å². The lowest BCUT2D eigenvalue weighted by Gasteiger charge is -2.44. The van der Waals surface area contributed by atoms with Crippen molar-refractivity contribution < 1.29 is 9.53 Å². The minimum absolute atomic E-state index is 0.0116. The molecule has 1 unspecified atom stereocenters. The Balaban J connectivity index is 1.13. The van der Waals surface area contributed by atoms with Crippen LogP contribution in [0.2, 0.25) is 0 Å². The molecule has 4 aliphatic heterocycles. The van der Waals surface area contributed by atoms with Crippen LogP contribution in [0.4, 0.5) is 5.69 Å². The Bertz CT molecular complexity index is 934. The van der Waals surface area contributed by atoms with E-state index in [1.807, 2.05) is 0 Å². The van der Waals surface area contributed by atoms with Crippen LogP contribution in [0.15, 0.2) is 18.2 Å². The number of rotatable bonds is 6. The molecule has 1 aromatic heterocycles. The summed E-state index contributed by atoms with van der Waals surface area (Å²) in [6.07, 6.45) is 6.54. The van der Waals surface area contributed by atoms with E-state index in [1.165, 1.54) is 56.0 Å². The zero-order valence-corrected chi connectivity index (χ0v) is 18.2. The number of nitrogens with one attached hydrogen (secondary N) is 1. The van der Waals surface area contributed by atoms with Gasteiger partial charge >= 0.3 is 0 Å². The Morgan fingerprint density at radius 2 is 2.00 bits per heavy atom. The quantitative estimate of drug-likeness (QED) is 0.769. The normalized spacial score (nSPS) is 30.9. The molecule has 2 bridgehead atoms. The molecule has 7 rings (SSSR count). The van der Waals surface area contributed by atoms with E-state index in [0.717, 1.165) is 48.7 Å². The number of ether oxygens (including phenoxy) is 1. The molecule has 1 aromatic carbocycles. The van der Waals surface area contributed by atoms with Gasteiger partial charge in [0.1, 0.15) is 5.69 Å². The molecule has 1 saturated carbocycles. The highest BCUT2D eigenvalue weighted by molar-refractivity contribution is 7.13. The number of piperidine rings is 3. The van der Waals surface area contributed by atoms with Gasteiger partial charge in [0.2, 0.25) is 0 Å². The summed E-state index contributed by atoms with van der Waals surface area (Å²) < 4.78 is 11.7. The molecule has 5 heterocycles. The number of anilines is 1. The molecule has 5 aliphatic rings. The zero-order chi connectivity index (χ0) is 20.1. The van der Waals surface area contributed by atoms with Crippen LogP contribution < -0.4 is 10.2 Å². The zero-order valence-electron chi connectivity index (χ0n) is 17.4. The molecule has 1 N–H and O–H groups in total. The molecule has 1 aliphatic carbocycles. The summed E-state index contributed by atoms with van der Waals surface area (Å²) in [6, 6.07) is 6.69. The minimum atomic E-state index is -0.0116. The monoisotopic (exact) mass is 426 g/mol. The largest absolute Gasteiger partial charge is 0.376 e. The predicted molar refractivity (Wildman–Crippen MR) is 119 cm³/mol. The van der Waals surface area contributed by atoms with Gasteiger partial charge in [-0.3, -0.25) is 4.79 Å². The Morgan fingerprint density at radius 1 is 1.13 bits per heavy atom. The highest BCUT2D eigenvalue weighted by Crippen LogP contribution is 2.33. The van der Waals surface area contributed by atoms with Crippen molar-refractivity contribution >= 4 is 33.2 Å². The van der Waals surface area contributed by atoms with Gasteiger partial charge in [-0.15, -0.1) is 0 Å². The van der Waals surface area contributed by atoms with Crippen molar-refractivity contribution in [3.8, 4) is 0 Å². The van der Waals surface area contributed by atoms with E-state index in [-0.39, 0.29) is 11.9 Å². The average molecular weight is 427 g/mol. The van der Waals surface area contributed by atoms with Gasteiger partial charge in [0, 0.05) is 43.4 Å². The first kappa shape index (κ1) is 19.0. The summed E-state index contributed by atoms with van der Waals surface area (Å²) in [5, 5.41) is 4.26. The predicted octanol–water partition coefficient (Wildman–Crippen LogP) is 3.13. The number of carbonyl (C=O) groups excluding carboxylic acids is 1. The van der Waals surface area contributed by atoms with E-state index in [2.05, 4.69) is 37.7 Å². The van der Waals surface area contributed by atoms with Gasteiger partial charge in [-0.2, -0.15) is 4.37 Å². The lowest BCUT2D eigenvalue weighted by atomic mass is 9.84. The first-order valence-electron chi connectivity index (χ1n) is 11.5. The molecule has 0 spiro atoms. The van der Waals surface area contributed by atoms with E-state index < -0.39 is 0 Å². The summed E-state index contributed by atoms with van der Waals surface area (Å²) in [5.41, 5.74) is 1.80. The second-order valence-electron chi connectivity index (χ2n) is 9.56. The van der Waals surface area contributed by atoms with E-state index in [4.69, 9.17) is 4.74 Å². The van der Waals surface area contributed by atoms with Crippen molar-refractivity contribution in [2.45, 2.75) is 44.2 Å². The van der Waals surface area contributed by atoms with Gasteiger partial charge in [0.25, 0.3) is 5.91 Å². The topological polar surface area (TPSA) is 57.7 Å². The molecule has 160 valence electrons. The van der Waals surface area contributed by atoms with E-state index >= 15 is 0 Å². The van der Waals surface area contributed by atoms with Crippen molar-refractivity contribution in [1.29, 1.82) is 0 Å². The van der Waals surface area contributed by atoms with Crippen LogP contribution in [0.5, 0.6) is 0 Å². The van der Waals surface area contributed by atoms with Gasteiger partial charge in [-0.05, 0) is 86.8 Å². The van der Waals surface area contributed by atoms with Gasteiger partial charge < -0.3 is 19.9 Å². The Kier molecular flexibility index (Phi) is 4.93. The lowest BCUT2D eigenvalue weighted by Crippen LogP contribution is -2.57. The molecule has 6 nitrogen and oxygen atoms in total. The fourth-order valence-electron chi connectivity index (χ4n) is 5.31. The molecule has 2 atom stereocenters. The smallest absolute Gasteiger partial charge is 0.271 e. The van der Waals surface area contributed by atoms with Crippen LogP contribution in [-0.4, -0.2) is 66.7 Å². The van der Waals surface area contributed by atoms with Crippen LogP contribution in [0.1, 0.15) is 42.6 Å².